The highest BCUT2D eigenvalue weighted by atomic mass is 15.1. The summed E-state index contributed by atoms with van der Waals surface area (Å²) >= 11 is 0. The standard InChI is InChI=1S/C62H52N2/c1-45-13-17-49(18-14-45)53-25-37-59(38-26-53)63(57-33-21-51(22-34-57)47-9-5-3-6-10-47)61-41-29-55(30-42-61)56-31-43-62(44-32-56)64(58-35-23-52(24-36-58)48-11-7-4-8-12-48)60-39-27-54(28-40-60)50-19-15-46(2)16-20-50/h3-13,15,17-46H,14,16H2,1-2H3. The highest BCUT2D eigenvalue weighted by Crippen LogP contribution is 2.40. The van der Waals surface area contributed by atoms with Crippen LogP contribution in [0.4, 0.5) is 34.1 Å². The van der Waals surface area contributed by atoms with E-state index in [-0.39, 0.29) is 0 Å². The molecule has 0 heterocycles. The molecule has 310 valence electrons. The highest BCUT2D eigenvalue weighted by molar-refractivity contribution is 5.84. The normalized spacial score (nSPS) is 15.6. The van der Waals surface area contributed by atoms with Crippen molar-refractivity contribution in [3.63, 3.8) is 0 Å². The largest absolute Gasteiger partial charge is 0.311 e. The van der Waals surface area contributed by atoms with Crippen LogP contribution in [0.1, 0.15) is 37.8 Å². The van der Waals surface area contributed by atoms with Crippen LogP contribution in [0.15, 0.2) is 243 Å². The summed E-state index contributed by atoms with van der Waals surface area (Å²) in [4.78, 5) is 4.71. The molecule has 8 aromatic rings. The summed E-state index contributed by atoms with van der Waals surface area (Å²) in [5, 5.41) is 0. The Bertz CT molecular complexity index is 2730. The Morgan fingerprint density at radius 2 is 0.516 bits per heavy atom. The van der Waals surface area contributed by atoms with Crippen LogP contribution < -0.4 is 9.80 Å². The molecule has 2 aliphatic carbocycles. The Kier molecular flexibility index (Phi) is 11.6. The maximum atomic E-state index is 2.36. The van der Waals surface area contributed by atoms with Gasteiger partial charge in [-0.05, 0) is 153 Å². The van der Waals surface area contributed by atoms with Crippen LogP contribution in [-0.4, -0.2) is 0 Å². The zero-order valence-corrected chi connectivity index (χ0v) is 36.6. The van der Waals surface area contributed by atoms with Crippen LogP contribution >= 0.6 is 0 Å². The van der Waals surface area contributed by atoms with Gasteiger partial charge in [0, 0.05) is 34.1 Å². The summed E-state index contributed by atoms with van der Waals surface area (Å²) < 4.78 is 0. The second kappa shape index (κ2) is 18.3. The quantitative estimate of drug-likeness (QED) is 0.128. The van der Waals surface area contributed by atoms with Crippen molar-refractivity contribution in [1.82, 2.24) is 0 Å². The van der Waals surface area contributed by atoms with Gasteiger partial charge in [0.05, 0.1) is 0 Å². The first kappa shape index (κ1) is 40.4. The summed E-state index contributed by atoms with van der Waals surface area (Å²) in [5.41, 5.74) is 18.9. The van der Waals surface area contributed by atoms with E-state index in [4.69, 9.17) is 0 Å². The molecular formula is C62H52N2. The first-order valence-electron chi connectivity index (χ1n) is 22.6. The van der Waals surface area contributed by atoms with Crippen LogP contribution in [0, 0.1) is 11.8 Å². The molecular weight excluding hydrogens is 773 g/mol. The van der Waals surface area contributed by atoms with Crippen LogP contribution in [0.5, 0.6) is 0 Å². The third-order valence-corrected chi connectivity index (χ3v) is 12.6. The zero-order chi connectivity index (χ0) is 43.2. The lowest BCUT2D eigenvalue weighted by molar-refractivity contribution is 0.739. The van der Waals surface area contributed by atoms with Crippen molar-refractivity contribution in [2.24, 2.45) is 11.8 Å². The van der Waals surface area contributed by atoms with Crippen molar-refractivity contribution in [2.75, 3.05) is 9.80 Å². The lowest BCUT2D eigenvalue weighted by Crippen LogP contribution is -2.10. The molecule has 2 heteroatoms. The molecule has 0 N–H and O–H groups in total. The maximum absolute atomic E-state index is 2.36. The average molecular weight is 825 g/mol. The predicted molar refractivity (Wildman–Crippen MR) is 274 cm³/mol. The smallest absolute Gasteiger partial charge is 0.0462 e. The van der Waals surface area contributed by atoms with E-state index in [1.165, 1.54) is 55.7 Å². The number of rotatable bonds is 11. The Morgan fingerprint density at radius 1 is 0.281 bits per heavy atom. The molecule has 0 aromatic heterocycles. The molecule has 2 aliphatic rings. The molecule has 10 rings (SSSR count). The number of benzene rings is 8. The summed E-state index contributed by atoms with van der Waals surface area (Å²) in [5.74, 6) is 1.18. The van der Waals surface area contributed by atoms with Gasteiger partial charge < -0.3 is 9.80 Å². The van der Waals surface area contributed by atoms with Gasteiger partial charge in [-0.1, -0.05) is 184 Å². The van der Waals surface area contributed by atoms with E-state index in [1.54, 1.807) is 0 Å². The van der Waals surface area contributed by atoms with E-state index in [0.717, 1.165) is 47.0 Å². The van der Waals surface area contributed by atoms with Crippen LogP contribution in [0.3, 0.4) is 0 Å². The number of hydrogen-bond acceptors (Lipinski definition) is 2. The number of nitrogens with zero attached hydrogens (tertiary/aromatic N) is 2. The van der Waals surface area contributed by atoms with E-state index in [2.05, 4.69) is 266 Å². The molecule has 0 aliphatic heterocycles. The van der Waals surface area contributed by atoms with Gasteiger partial charge in [-0.2, -0.15) is 0 Å². The van der Waals surface area contributed by atoms with Crippen molar-refractivity contribution in [3.8, 4) is 33.4 Å². The van der Waals surface area contributed by atoms with Crippen LogP contribution in [0.25, 0.3) is 44.5 Å². The molecule has 0 amide bonds. The molecule has 0 bridgehead atoms. The molecule has 0 saturated heterocycles. The van der Waals surface area contributed by atoms with Crippen molar-refractivity contribution in [1.29, 1.82) is 0 Å². The van der Waals surface area contributed by atoms with Gasteiger partial charge in [-0.15, -0.1) is 0 Å². The Morgan fingerprint density at radius 3 is 0.750 bits per heavy atom. The van der Waals surface area contributed by atoms with Gasteiger partial charge in [-0.3, -0.25) is 0 Å². The van der Waals surface area contributed by atoms with Gasteiger partial charge in [0.2, 0.25) is 0 Å². The van der Waals surface area contributed by atoms with Gasteiger partial charge >= 0.3 is 0 Å². The Balaban J connectivity index is 0.950. The van der Waals surface area contributed by atoms with Gasteiger partial charge in [-0.25, -0.2) is 0 Å². The van der Waals surface area contributed by atoms with E-state index in [9.17, 15) is 0 Å². The summed E-state index contributed by atoms with van der Waals surface area (Å²) in [6, 6.07) is 75.0. The minimum Gasteiger partial charge on any atom is -0.311 e. The fraction of sp³-hybridized carbons (Fsp3) is 0.0968. The predicted octanol–water partition coefficient (Wildman–Crippen LogP) is 17.6. The number of hydrogen-bond donors (Lipinski definition) is 0. The molecule has 2 unspecified atom stereocenters. The Hall–Kier alpha value is -7.68. The second-order valence-electron chi connectivity index (χ2n) is 17.1. The van der Waals surface area contributed by atoms with Crippen molar-refractivity contribution >= 4 is 45.3 Å². The fourth-order valence-electron chi connectivity index (χ4n) is 8.86. The number of anilines is 6. The first-order valence-corrected chi connectivity index (χ1v) is 22.6. The zero-order valence-electron chi connectivity index (χ0n) is 36.6. The molecule has 64 heavy (non-hydrogen) atoms. The molecule has 8 aromatic carbocycles. The lowest BCUT2D eigenvalue weighted by atomic mass is 9.94. The maximum Gasteiger partial charge on any atom is 0.0462 e. The molecule has 0 spiro atoms. The second-order valence-corrected chi connectivity index (χ2v) is 17.1. The molecule has 2 atom stereocenters. The van der Waals surface area contributed by atoms with Crippen LogP contribution in [0.2, 0.25) is 0 Å². The lowest BCUT2D eigenvalue weighted by Gasteiger charge is -2.27. The van der Waals surface area contributed by atoms with Gasteiger partial charge in [0.15, 0.2) is 0 Å². The van der Waals surface area contributed by atoms with Crippen LogP contribution in [-0.2, 0) is 0 Å². The van der Waals surface area contributed by atoms with Gasteiger partial charge in [0.25, 0.3) is 0 Å². The van der Waals surface area contributed by atoms with Crippen molar-refractivity contribution in [2.45, 2.75) is 26.7 Å². The van der Waals surface area contributed by atoms with E-state index in [0.29, 0.717) is 11.8 Å². The third kappa shape index (κ3) is 8.82. The van der Waals surface area contributed by atoms with Crippen molar-refractivity contribution in [3.05, 3.63) is 254 Å². The fourth-order valence-corrected chi connectivity index (χ4v) is 8.86. The first-order chi connectivity index (χ1) is 31.5. The van der Waals surface area contributed by atoms with E-state index < -0.39 is 0 Å². The summed E-state index contributed by atoms with van der Waals surface area (Å²) in [6.07, 6.45) is 16.0. The minimum absolute atomic E-state index is 0.589. The topological polar surface area (TPSA) is 6.48 Å². The summed E-state index contributed by atoms with van der Waals surface area (Å²) in [7, 11) is 0. The van der Waals surface area contributed by atoms with E-state index in [1.807, 2.05) is 0 Å². The SMILES string of the molecule is CC1C=CC(c2ccc(N(c3ccc(-c4ccccc4)cc3)c3ccc(-c4ccc(N(c5ccc(C6=CCC(C)C=C6)cc5)c5ccc(-c6ccccc6)cc5)cc4)cc3)cc2)=CC1. The highest BCUT2D eigenvalue weighted by Gasteiger charge is 2.17. The third-order valence-electron chi connectivity index (χ3n) is 12.6. The molecule has 0 fully saturated rings. The Labute approximate surface area is 379 Å². The summed E-state index contributed by atoms with van der Waals surface area (Å²) in [6.45, 7) is 4.54. The van der Waals surface area contributed by atoms with E-state index >= 15 is 0 Å². The molecule has 0 radical (unpaired) electrons. The minimum atomic E-state index is 0.589. The monoisotopic (exact) mass is 824 g/mol. The molecule has 2 nitrogen and oxygen atoms in total. The van der Waals surface area contributed by atoms with Crippen molar-refractivity contribution < 1.29 is 0 Å². The average Bonchev–Trinajstić information content (AvgIpc) is 3.37. The number of allylic oxidation sites excluding steroid dienone is 8. The molecule has 0 saturated carbocycles. The van der Waals surface area contributed by atoms with Gasteiger partial charge in [0.1, 0.15) is 0 Å².